The topological polar surface area (TPSA) is 62.6 Å². The van der Waals surface area contributed by atoms with Crippen LogP contribution in [0.2, 0.25) is 0 Å². The fourth-order valence-electron chi connectivity index (χ4n) is 6.48. The molecule has 3 aromatic carbocycles. The number of nitrogens with zero attached hydrogens (tertiary/aromatic N) is 3. The summed E-state index contributed by atoms with van der Waals surface area (Å²) in [6, 6.07) is 22.9. The first-order valence-electron chi connectivity index (χ1n) is 11.8. The molecule has 1 saturated heterocycles. The van der Waals surface area contributed by atoms with Crippen LogP contribution in [0, 0.1) is 13.8 Å². The molecule has 0 unspecified atom stereocenters. The van der Waals surface area contributed by atoms with Crippen LogP contribution in [0.25, 0.3) is 10.9 Å². The Kier molecular flexibility index (Phi) is 4.67. The smallest absolute Gasteiger partial charge is 0.268 e. The Morgan fingerprint density at radius 1 is 0.943 bits per heavy atom. The number of aromatic nitrogens is 1. The van der Waals surface area contributed by atoms with E-state index in [0.717, 1.165) is 40.6 Å². The molecule has 2 aliphatic rings. The van der Waals surface area contributed by atoms with Crippen LogP contribution in [-0.2, 0) is 20.2 Å². The number of aryl methyl sites for hydroxylation is 1. The molecular formula is C28H27N3O3S. The first kappa shape index (κ1) is 21.9. The lowest BCUT2D eigenvalue weighted by Crippen LogP contribution is -2.48. The van der Waals surface area contributed by atoms with Crippen LogP contribution in [0.1, 0.15) is 28.8 Å². The molecule has 2 atom stereocenters. The molecule has 2 aliphatic heterocycles. The lowest BCUT2D eigenvalue weighted by molar-refractivity contribution is -0.119. The van der Waals surface area contributed by atoms with Gasteiger partial charge in [-0.15, -0.1) is 0 Å². The zero-order valence-corrected chi connectivity index (χ0v) is 20.8. The maximum Gasteiger partial charge on any atom is 0.268 e. The minimum atomic E-state index is -3.84. The van der Waals surface area contributed by atoms with E-state index in [0.29, 0.717) is 17.8 Å². The molecule has 4 aromatic rings. The van der Waals surface area contributed by atoms with Gasteiger partial charge in [0, 0.05) is 30.4 Å². The van der Waals surface area contributed by atoms with Crippen molar-refractivity contribution in [3.05, 3.63) is 95.2 Å². The average Bonchev–Trinajstić information content (AvgIpc) is 3.46. The van der Waals surface area contributed by atoms with Crippen molar-refractivity contribution in [2.45, 2.75) is 36.7 Å². The molecule has 0 saturated carbocycles. The monoisotopic (exact) mass is 485 g/mol. The molecule has 0 aliphatic carbocycles. The van der Waals surface area contributed by atoms with E-state index < -0.39 is 15.4 Å². The quantitative estimate of drug-likeness (QED) is 0.402. The number of benzene rings is 3. The van der Waals surface area contributed by atoms with Crippen LogP contribution in [0.5, 0.6) is 0 Å². The van der Waals surface area contributed by atoms with Crippen molar-refractivity contribution < 1.29 is 13.2 Å². The number of anilines is 1. The van der Waals surface area contributed by atoms with Crippen molar-refractivity contribution in [2.75, 3.05) is 18.5 Å². The molecular weight excluding hydrogens is 458 g/mol. The third-order valence-electron chi connectivity index (χ3n) is 7.85. The largest absolute Gasteiger partial charge is 0.353 e. The highest BCUT2D eigenvalue weighted by atomic mass is 32.2. The summed E-state index contributed by atoms with van der Waals surface area (Å²) >= 11 is 0. The maximum absolute atomic E-state index is 14.0. The highest BCUT2D eigenvalue weighted by Crippen LogP contribution is 2.57. The van der Waals surface area contributed by atoms with Crippen molar-refractivity contribution in [2.24, 2.45) is 0 Å². The molecule has 6 nitrogen and oxygen atoms in total. The molecule has 7 heteroatoms. The van der Waals surface area contributed by atoms with Crippen molar-refractivity contribution in [3.63, 3.8) is 0 Å². The van der Waals surface area contributed by atoms with Gasteiger partial charge in [-0.2, -0.15) is 0 Å². The minimum Gasteiger partial charge on any atom is -0.353 e. The third-order valence-corrected chi connectivity index (χ3v) is 9.67. The van der Waals surface area contributed by atoms with Crippen LogP contribution >= 0.6 is 0 Å². The second-order valence-electron chi connectivity index (χ2n) is 9.63. The second-order valence-corrected chi connectivity index (χ2v) is 11.4. The number of rotatable bonds is 4. The van der Waals surface area contributed by atoms with Crippen molar-refractivity contribution in [1.82, 2.24) is 8.87 Å². The fraction of sp³-hybridized carbons (Fsp3) is 0.250. The molecule has 0 spiro atoms. The van der Waals surface area contributed by atoms with E-state index in [9.17, 15) is 13.2 Å². The van der Waals surface area contributed by atoms with Gasteiger partial charge in [0.1, 0.15) is 6.17 Å². The van der Waals surface area contributed by atoms with E-state index in [-0.39, 0.29) is 11.1 Å². The number of carbonyl (C=O) groups is 1. The summed E-state index contributed by atoms with van der Waals surface area (Å²) in [6.45, 7) is 4.45. The zero-order chi connectivity index (χ0) is 24.5. The normalized spacial score (nSPS) is 21.4. The van der Waals surface area contributed by atoms with E-state index in [1.54, 1.807) is 12.1 Å². The Balaban J connectivity index is 1.70. The van der Waals surface area contributed by atoms with Crippen molar-refractivity contribution >= 4 is 33.0 Å². The first-order chi connectivity index (χ1) is 16.8. The molecule has 1 amide bonds. The lowest BCUT2D eigenvalue weighted by atomic mass is 9.72. The molecule has 1 fully saturated rings. The third kappa shape index (κ3) is 2.76. The summed E-state index contributed by atoms with van der Waals surface area (Å²) in [4.78, 5) is 16.4. The number of hydrogen-bond acceptors (Lipinski definition) is 4. The van der Waals surface area contributed by atoms with Crippen LogP contribution in [-0.4, -0.2) is 43.5 Å². The van der Waals surface area contributed by atoms with Crippen LogP contribution in [0.15, 0.2) is 77.7 Å². The summed E-state index contributed by atoms with van der Waals surface area (Å²) in [5.74, 6) is 0. The predicted molar refractivity (Wildman–Crippen MR) is 137 cm³/mol. The highest BCUT2D eigenvalue weighted by molar-refractivity contribution is 7.90. The molecule has 0 N–H and O–H groups in total. The van der Waals surface area contributed by atoms with Crippen LogP contribution in [0.3, 0.4) is 0 Å². The van der Waals surface area contributed by atoms with Gasteiger partial charge >= 0.3 is 0 Å². The summed E-state index contributed by atoms with van der Waals surface area (Å²) in [5, 5.41) is 0.906. The standard InChI is InChI=1S/C28H27N3O3S/c1-19-12-14-21(15-13-19)35(33,34)31-20(2)26(22-8-4-6-10-24(22)31)28-16-17-30(18-32)27(28)29(3)25-11-7-5-9-23(25)28/h4-15,18,27H,16-17H2,1-3H3/t27-,28-/m1/s1. The molecule has 0 bridgehead atoms. The van der Waals surface area contributed by atoms with Gasteiger partial charge in [0.2, 0.25) is 6.41 Å². The zero-order valence-electron chi connectivity index (χ0n) is 20.0. The maximum atomic E-state index is 14.0. The number of hydrogen-bond donors (Lipinski definition) is 0. The fourth-order valence-corrected chi connectivity index (χ4v) is 8.04. The number of likely N-dealkylation sites (tertiary alicyclic amines) is 1. The first-order valence-corrected chi connectivity index (χ1v) is 13.2. The van der Waals surface area contributed by atoms with E-state index in [4.69, 9.17) is 0 Å². The summed E-state index contributed by atoms with van der Waals surface area (Å²) in [7, 11) is -1.83. The van der Waals surface area contributed by atoms with E-state index >= 15 is 0 Å². The Morgan fingerprint density at radius 3 is 2.37 bits per heavy atom. The van der Waals surface area contributed by atoms with E-state index in [1.807, 2.05) is 74.3 Å². The summed E-state index contributed by atoms with van der Waals surface area (Å²) in [5.41, 5.74) is 5.00. The van der Waals surface area contributed by atoms with Crippen LogP contribution < -0.4 is 4.90 Å². The Hall–Kier alpha value is -3.58. The number of fused-ring (bicyclic) bond motifs is 4. The number of amides is 1. The second kappa shape index (κ2) is 7.46. The van der Waals surface area contributed by atoms with E-state index in [1.165, 1.54) is 3.97 Å². The number of carbonyl (C=O) groups excluding carboxylic acids is 1. The van der Waals surface area contributed by atoms with E-state index in [2.05, 4.69) is 17.0 Å². The van der Waals surface area contributed by atoms with Gasteiger partial charge in [-0.1, -0.05) is 54.1 Å². The Bertz CT molecular complexity index is 1590. The minimum absolute atomic E-state index is 0.225. The van der Waals surface area contributed by atoms with Crippen molar-refractivity contribution in [3.8, 4) is 0 Å². The molecule has 1 aromatic heterocycles. The highest BCUT2D eigenvalue weighted by Gasteiger charge is 2.59. The van der Waals surface area contributed by atoms with Gasteiger partial charge in [0.25, 0.3) is 10.0 Å². The number of para-hydroxylation sites is 2. The van der Waals surface area contributed by atoms with Gasteiger partial charge in [0.05, 0.1) is 15.8 Å². The summed E-state index contributed by atoms with van der Waals surface area (Å²) < 4.78 is 29.5. The molecule has 35 heavy (non-hydrogen) atoms. The van der Waals surface area contributed by atoms with Gasteiger partial charge in [-0.3, -0.25) is 4.79 Å². The Labute approximate surface area is 205 Å². The van der Waals surface area contributed by atoms with Crippen LogP contribution in [0.4, 0.5) is 5.69 Å². The van der Waals surface area contributed by atoms with Crippen molar-refractivity contribution in [1.29, 1.82) is 0 Å². The van der Waals surface area contributed by atoms with Gasteiger partial charge in [-0.05, 0) is 55.7 Å². The predicted octanol–water partition coefficient (Wildman–Crippen LogP) is 4.42. The van der Waals surface area contributed by atoms with Gasteiger partial charge < -0.3 is 9.80 Å². The molecule has 6 rings (SSSR count). The molecule has 0 radical (unpaired) electrons. The molecule has 3 heterocycles. The Morgan fingerprint density at radius 2 is 1.63 bits per heavy atom. The lowest BCUT2D eigenvalue weighted by Gasteiger charge is -2.35. The average molecular weight is 486 g/mol. The SMILES string of the molecule is Cc1ccc(S(=O)(=O)n2c(C)c([C@]34CCN(C=O)[C@H]3N(C)c3ccccc34)c3ccccc32)cc1. The summed E-state index contributed by atoms with van der Waals surface area (Å²) in [6.07, 6.45) is 1.42. The van der Waals surface area contributed by atoms with Gasteiger partial charge in [-0.25, -0.2) is 12.4 Å². The van der Waals surface area contributed by atoms with Gasteiger partial charge in [0.15, 0.2) is 0 Å². The molecule has 178 valence electrons. The number of likely N-dealkylation sites (N-methyl/N-ethyl adjacent to an activating group) is 1.